The first-order valence-electron chi connectivity index (χ1n) is 4.87. The van der Waals surface area contributed by atoms with Crippen LogP contribution in [0, 0.1) is 0 Å². The van der Waals surface area contributed by atoms with Gasteiger partial charge in [0.15, 0.2) is 5.78 Å². The second kappa shape index (κ2) is 4.03. The van der Waals surface area contributed by atoms with Crippen LogP contribution in [0.5, 0.6) is 0 Å². The number of nitrogens with zero attached hydrogens (tertiary/aromatic N) is 1. The summed E-state index contributed by atoms with van der Waals surface area (Å²) in [7, 11) is 3.87. The summed E-state index contributed by atoms with van der Waals surface area (Å²) in [6, 6.07) is 7.18. The highest BCUT2D eigenvalue weighted by Gasteiger charge is 2.24. The van der Waals surface area contributed by atoms with Gasteiger partial charge in [-0.2, -0.15) is 0 Å². The first kappa shape index (κ1) is 11.7. The molecule has 0 aromatic heterocycles. The SMILES string of the molecule is CN(C)c1ccc(C(=O)C(C)(C)O)cc1. The summed E-state index contributed by atoms with van der Waals surface area (Å²) in [5, 5.41) is 9.56. The lowest BCUT2D eigenvalue weighted by molar-refractivity contribution is 0.0488. The van der Waals surface area contributed by atoms with E-state index in [2.05, 4.69) is 0 Å². The van der Waals surface area contributed by atoms with E-state index >= 15 is 0 Å². The molecule has 82 valence electrons. The maximum Gasteiger partial charge on any atom is 0.193 e. The summed E-state index contributed by atoms with van der Waals surface area (Å²) in [6.07, 6.45) is 0. The summed E-state index contributed by atoms with van der Waals surface area (Å²) in [5.74, 6) is -0.257. The number of benzene rings is 1. The molecule has 0 heterocycles. The summed E-state index contributed by atoms with van der Waals surface area (Å²) in [4.78, 5) is 13.6. The van der Waals surface area contributed by atoms with E-state index in [1.165, 1.54) is 13.8 Å². The molecule has 0 spiro atoms. The number of ketones is 1. The Morgan fingerprint density at radius 2 is 1.67 bits per heavy atom. The fourth-order valence-electron chi connectivity index (χ4n) is 1.26. The standard InChI is InChI=1S/C12H17NO2/c1-12(2,15)11(14)9-5-7-10(8-6-9)13(3)4/h5-8,15H,1-4H3. The normalized spacial score (nSPS) is 11.3. The third kappa shape index (κ3) is 2.80. The Morgan fingerprint density at radius 1 is 1.20 bits per heavy atom. The molecule has 3 heteroatoms. The van der Waals surface area contributed by atoms with E-state index in [0.29, 0.717) is 5.56 Å². The van der Waals surface area contributed by atoms with Gasteiger partial charge >= 0.3 is 0 Å². The molecule has 1 aromatic carbocycles. The minimum atomic E-state index is -1.31. The van der Waals surface area contributed by atoms with Crippen LogP contribution in [0.1, 0.15) is 24.2 Å². The molecule has 0 aliphatic rings. The highest BCUT2D eigenvalue weighted by Crippen LogP contribution is 2.16. The number of carbonyl (C=O) groups is 1. The van der Waals surface area contributed by atoms with Crippen LogP contribution in [0.4, 0.5) is 5.69 Å². The average molecular weight is 207 g/mol. The summed E-state index contributed by atoms with van der Waals surface area (Å²) < 4.78 is 0. The Bertz CT molecular complexity index is 347. The van der Waals surface area contributed by atoms with Crippen LogP contribution in [0.3, 0.4) is 0 Å². The molecule has 0 amide bonds. The van der Waals surface area contributed by atoms with Crippen LogP contribution in [0.15, 0.2) is 24.3 Å². The van der Waals surface area contributed by atoms with Gasteiger partial charge in [0, 0.05) is 25.3 Å². The molecule has 0 fully saturated rings. The Kier molecular flexibility index (Phi) is 3.15. The van der Waals surface area contributed by atoms with E-state index in [-0.39, 0.29) is 5.78 Å². The Morgan fingerprint density at radius 3 is 2.00 bits per heavy atom. The Balaban J connectivity index is 2.95. The van der Waals surface area contributed by atoms with Crippen molar-refractivity contribution in [1.82, 2.24) is 0 Å². The van der Waals surface area contributed by atoms with E-state index in [1.54, 1.807) is 12.1 Å². The van der Waals surface area contributed by atoms with E-state index in [0.717, 1.165) is 5.69 Å². The van der Waals surface area contributed by atoms with E-state index in [9.17, 15) is 9.90 Å². The number of hydrogen-bond acceptors (Lipinski definition) is 3. The molecule has 1 N–H and O–H groups in total. The van der Waals surface area contributed by atoms with Crippen molar-refractivity contribution in [3.63, 3.8) is 0 Å². The molecule has 0 unspecified atom stereocenters. The maximum atomic E-state index is 11.7. The molecule has 0 saturated carbocycles. The third-order valence-electron chi connectivity index (χ3n) is 2.20. The molecule has 15 heavy (non-hydrogen) atoms. The van der Waals surface area contributed by atoms with Crippen molar-refractivity contribution in [3.05, 3.63) is 29.8 Å². The third-order valence-corrected chi connectivity index (χ3v) is 2.20. The van der Waals surface area contributed by atoms with Crippen molar-refractivity contribution >= 4 is 11.5 Å². The first-order chi connectivity index (χ1) is 6.82. The van der Waals surface area contributed by atoms with Crippen LogP contribution < -0.4 is 4.90 Å². The second-order valence-electron chi connectivity index (χ2n) is 4.33. The zero-order valence-corrected chi connectivity index (χ0v) is 9.61. The Labute approximate surface area is 90.3 Å². The maximum absolute atomic E-state index is 11.7. The monoisotopic (exact) mass is 207 g/mol. The summed E-state index contributed by atoms with van der Waals surface area (Å²) >= 11 is 0. The van der Waals surface area contributed by atoms with Crippen LogP contribution in [0.2, 0.25) is 0 Å². The number of rotatable bonds is 3. The van der Waals surface area contributed by atoms with Gasteiger partial charge in [-0.1, -0.05) is 0 Å². The molecule has 3 nitrogen and oxygen atoms in total. The van der Waals surface area contributed by atoms with Gasteiger partial charge in [0.2, 0.25) is 0 Å². The first-order valence-corrected chi connectivity index (χ1v) is 4.87. The second-order valence-corrected chi connectivity index (χ2v) is 4.33. The average Bonchev–Trinajstić information content (AvgIpc) is 2.15. The number of aliphatic hydroxyl groups is 1. The topological polar surface area (TPSA) is 40.5 Å². The van der Waals surface area contributed by atoms with Gasteiger partial charge in [-0.3, -0.25) is 4.79 Å². The predicted octanol–water partition coefficient (Wildman–Crippen LogP) is 1.71. The van der Waals surface area contributed by atoms with Crippen molar-refractivity contribution in [3.8, 4) is 0 Å². The Hall–Kier alpha value is -1.35. The minimum absolute atomic E-state index is 0.257. The van der Waals surface area contributed by atoms with Crippen molar-refractivity contribution < 1.29 is 9.90 Å². The number of anilines is 1. The molecule has 0 aliphatic carbocycles. The lowest BCUT2D eigenvalue weighted by atomic mass is 9.97. The van der Waals surface area contributed by atoms with Crippen molar-refractivity contribution in [1.29, 1.82) is 0 Å². The summed E-state index contributed by atoms with van der Waals surface area (Å²) in [5.41, 5.74) is 0.259. The van der Waals surface area contributed by atoms with Crippen molar-refractivity contribution in [2.24, 2.45) is 0 Å². The largest absolute Gasteiger partial charge is 0.382 e. The smallest absolute Gasteiger partial charge is 0.193 e. The van der Waals surface area contributed by atoms with Gasteiger partial charge in [0.1, 0.15) is 5.60 Å². The minimum Gasteiger partial charge on any atom is -0.382 e. The van der Waals surface area contributed by atoms with Crippen LogP contribution in [-0.2, 0) is 0 Å². The van der Waals surface area contributed by atoms with Gasteiger partial charge < -0.3 is 10.0 Å². The number of hydrogen-bond donors (Lipinski definition) is 1. The van der Waals surface area contributed by atoms with E-state index in [1.807, 2.05) is 31.1 Å². The highest BCUT2D eigenvalue weighted by molar-refractivity contribution is 6.01. The molecule has 1 rings (SSSR count). The van der Waals surface area contributed by atoms with Crippen LogP contribution in [0.25, 0.3) is 0 Å². The fourth-order valence-corrected chi connectivity index (χ4v) is 1.26. The molecule has 1 aromatic rings. The number of Topliss-reactive ketones (excluding diaryl/α,β-unsaturated/α-hetero) is 1. The van der Waals surface area contributed by atoms with E-state index in [4.69, 9.17) is 0 Å². The zero-order chi connectivity index (χ0) is 11.6. The van der Waals surface area contributed by atoms with Gasteiger partial charge in [-0.25, -0.2) is 0 Å². The van der Waals surface area contributed by atoms with Crippen molar-refractivity contribution in [2.45, 2.75) is 19.4 Å². The lowest BCUT2D eigenvalue weighted by Gasteiger charge is -2.17. The summed E-state index contributed by atoms with van der Waals surface area (Å²) in [6.45, 7) is 2.99. The fraction of sp³-hybridized carbons (Fsp3) is 0.417. The van der Waals surface area contributed by atoms with Gasteiger partial charge in [-0.05, 0) is 38.1 Å². The van der Waals surface area contributed by atoms with Crippen LogP contribution >= 0.6 is 0 Å². The van der Waals surface area contributed by atoms with Gasteiger partial charge in [0.25, 0.3) is 0 Å². The molecule has 0 saturated heterocycles. The molecular formula is C12H17NO2. The molecule has 0 bridgehead atoms. The predicted molar refractivity (Wildman–Crippen MR) is 61.4 cm³/mol. The molecular weight excluding hydrogens is 190 g/mol. The molecule has 0 aliphatic heterocycles. The highest BCUT2D eigenvalue weighted by atomic mass is 16.3. The van der Waals surface area contributed by atoms with Crippen molar-refractivity contribution in [2.75, 3.05) is 19.0 Å². The quantitative estimate of drug-likeness (QED) is 0.767. The van der Waals surface area contributed by atoms with Crippen LogP contribution in [-0.4, -0.2) is 30.6 Å². The van der Waals surface area contributed by atoms with Gasteiger partial charge in [-0.15, -0.1) is 0 Å². The number of carbonyl (C=O) groups excluding carboxylic acids is 1. The van der Waals surface area contributed by atoms with E-state index < -0.39 is 5.60 Å². The zero-order valence-electron chi connectivity index (χ0n) is 9.61. The molecule has 0 atom stereocenters. The lowest BCUT2D eigenvalue weighted by Crippen LogP contribution is -2.31. The van der Waals surface area contributed by atoms with Gasteiger partial charge in [0.05, 0.1) is 0 Å². The molecule has 0 radical (unpaired) electrons.